The van der Waals surface area contributed by atoms with Crippen LogP contribution in [-0.2, 0) is 11.3 Å². The molecule has 2 aromatic rings. The van der Waals surface area contributed by atoms with Gasteiger partial charge in [-0.25, -0.2) is 4.99 Å². The third-order valence-corrected chi connectivity index (χ3v) is 5.12. The largest absolute Gasteiger partial charge is 0.488 e. The van der Waals surface area contributed by atoms with Crippen LogP contribution >= 0.6 is 24.0 Å². The number of aliphatic imine (C=N–C) groups is 1. The molecule has 1 heterocycles. The molecule has 1 amide bonds. The second kappa shape index (κ2) is 14.7. The van der Waals surface area contributed by atoms with Crippen molar-refractivity contribution in [1.82, 2.24) is 16.0 Å². The first kappa shape index (κ1) is 26.9. The predicted octanol–water partition coefficient (Wildman–Crippen LogP) is 3.66. The summed E-state index contributed by atoms with van der Waals surface area (Å²) in [5.74, 6) is 1.58. The van der Waals surface area contributed by atoms with Crippen molar-refractivity contribution in [2.45, 2.75) is 39.3 Å². The lowest BCUT2D eigenvalue weighted by Gasteiger charge is -2.16. The van der Waals surface area contributed by atoms with Crippen LogP contribution in [-0.4, -0.2) is 50.8 Å². The zero-order valence-electron chi connectivity index (χ0n) is 19.4. The Balaban J connectivity index is 0.00000385. The fourth-order valence-electron chi connectivity index (χ4n) is 3.38. The van der Waals surface area contributed by atoms with Crippen LogP contribution in [0.1, 0.15) is 41.3 Å². The molecule has 1 aliphatic rings. The van der Waals surface area contributed by atoms with E-state index in [0.29, 0.717) is 31.8 Å². The number of rotatable bonds is 10. The highest BCUT2D eigenvalue weighted by atomic mass is 127. The molecule has 0 radical (unpaired) electrons. The summed E-state index contributed by atoms with van der Waals surface area (Å²) in [6.07, 6.45) is 1.82. The molecule has 1 unspecified atom stereocenters. The first-order valence-corrected chi connectivity index (χ1v) is 11.3. The number of hydrogen-bond donors (Lipinski definition) is 3. The van der Waals surface area contributed by atoms with Gasteiger partial charge in [0.1, 0.15) is 11.9 Å². The number of nitrogens with zero attached hydrogens (tertiary/aromatic N) is 1. The molecule has 0 aliphatic carbocycles. The van der Waals surface area contributed by atoms with Crippen molar-refractivity contribution in [3.63, 3.8) is 0 Å². The molecular weight excluding hydrogens is 531 g/mol. The second-order valence-electron chi connectivity index (χ2n) is 7.81. The van der Waals surface area contributed by atoms with E-state index in [1.165, 1.54) is 0 Å². The van der Waals surface area contributed by atoms with Crippen LogP contribution in [0.5, 0.6) is 5.75 Å². The monoisotopic (exact) mass is 566 g/mol. The maximum atomic E-state index is 12.1. The number of benzene rings is 2. The number of halogens is 1. The van der Waals surface area contributed by atoms with Gasteiger partial charge in [0, 0.05) is 37.2 Å². The molecule has 8 heteroatoms. The Labute approximate surface area is 213 Å². The number of aryl methyl sites for hydroxylation is 1. The molecule has 7 nitrogen and oxygen atoms in total. The van der Waals surface area contributed by atoms with Gasteiger partial charge in [0.05, 0.1) is 19.8 Å². The van der Waals surface area contributed by atoms with Gasteiger partial charge in [-0.15, -0.1) is 24.0 Å². The van der Waals surface area contributed by atoms with Gasteiger partial charge < -0.3 is 25.4 Å². The summed E-state index contributed by atoms with van der Waals surface area (Å²) in [6.45, 7) is 8.09. The lowest BCUT2D eigenvalue weighted by atomic mass is 10.1. The van der Waals surface area contributed by atoms with Gasteiger partial charge in [0.25, 0.3) is 5.91 Å². The van der Waals surface area contributed by atoms with Crippen LogP contribution in [0.4, 0.5) is 0 Å². The van der Waals surface area contributed by atoms with Gasteiger partial charge in [0.2, 0.25) is 0 Å². The molecule has 1 saturated heterocycles. The highest BCUT2D eigenvalue weighted by Crippen LogP contribution is 2.24. The number of amides is 1. The highest BCUT2D eigenvalue weighted by molar-refractivity contribution is 14.0. The van der Waals surface area contributed by atoms with E-state index in [0.717, 1.165) is 48.8 Å². The first-order valence-electron chi connectivity index (χ1n) is 11.3. The minimum Gasteiger partial charge on any atom is -0.488 e. The van der Waals surface area contributed by atoms with Gasteiger partial charge in [-0.05, 0) is 44.0 Å². The molecule has 0 aromatic heterocycles. The fraction of sp³-hybridized carbons (Fsp3) is 0.440. The number of hydrogen-bond acceptors (Lipinski definition) is 4. The number of carbonyl (C=O) groups is 1. The Hall–Kier alpha value is -2.33. The standard InChI is InChI=1S/C25H34N4O3.HI/c1-3-26-25(28-14-7-13-27-24(30)20-8-5-4-6-9-20)29-17-21-11-10-19(2)16-23(21)32-22-12-15-31-18-22;/h4-6,8-11,16,22H,3,7,12-15,17-18H2,1-2H3,(H,27,30)(H2,26,28,29);1H. The Morgan fingerprint density at radius 1 is 1.12 bits per heavy atom. The topological polar surface area (TPSA) is 84.0 Å². The molecule has 2 aromatic carbocycles. The zero-order chi connectivity index (χ0) is 22.6. The molecule has 33 heavy (non-hydrogen) atoms. The van der Waals surface area contributed by atoms with E-state index in [9.17, 15) is 4.79 Å². The predicted molar refractivity (Wildman–Crippen MR) is 143 cm³/mol. The molecule has 3 N–H and O–H groups in total. The van der Waals surface area contributed by atoms with Crippen molar-refractivity contribution in [3.8, 4) is 5.75 Å². The Kier molecular flexibility index (Phi) is 12.0. The number of guanidine groups is 1. The number of carbonyl (C=O) groups excluding carboxylic acids is 1. The minimum atomic E-state index is -0.0502. The third kappa shape index (κ3) is 9.21. The van der Waals surface area contributed by atoms with E-state index in [2.05, 4.69) is 41.1 Å². The van der Waals surface area contributed by atoms with Crippen LogP contribution in [0.2, 0.25) is 0 Å². The van der Waals surface area contributed by atoms with Crippen molar-refractivity contribution < 1.29 is 14.3 Å². The summed E-state index contributed by atoms with van der Waals surface area (Å²) in [6, 6.07) is 15.5. The molecule has 1 aliphatic heterocycles. The summed E-state index contributed by atoms with van der Waals surface area (Å²) in [7, 11) is 0. The smallest absolute Gasteiger partial charge is 0.251 e. The van der Waals surface area contributed by atoms with E-state index in [-0.39, 0.29) is 36.0 Å². The van der Waals surface area contributed by atoms with Crippen molar-refractivity contribution in [2.24, 2.45) is 4.99 Å². The highest BCUT2D eigenvalue weighted by Gasteiger charge is 2.18. The van der Waals surface area contributed by atoms with E-state index in [1.54, 1.807) is 0 Å². The maximum Gasteiger partial charge on any atom is 0.251 e. The van der Waals surface area contributed by atoms with Crippen molar-refractivity contribution in [2.75, 3.05) is 32.8 Å². The summed E-state index contributed by atoms with van der Waals surface area (Å²) in [4.78, 5) is 16.8. The van der Waals surface area contributed by atoms with Crippen LogP contribution in [0, 0.1) is 6.92 Å². The van der Waals surface area contributed by atoms with E-state index < -0.39 is 0 Å². The normalized spacial score (nSPS) is 15.5. The van der Waals surface area contributed by atoms with Crippen LogP contribution in [0.25, 0.3) is 0 Å². The van der Waals surface area contributed by atoms with E-state index >= 15 is 0 Å². The molecule has 1 fully saturated rings. The molecule has 0 bridgehead atoms. The summed E-state index contributed by atoms with van der Waals surface area (Å²) < 4.78 is 11.6. The van der Waals surface area contributed by atoms with Gasteiger partial charge in [-0.3, -0.25) is 4.79 Å². The molecular formula is C25H35IN4O3. The summed E-state index contributed by atoms with van der Waals surface area (Å²) in [5.41, 5.74) is 2.89. The third-order valence-electron chi connectivity index (χ3n) is 5.12. The Morgan fingerprint density at radius 3 is 2.64 bits per heavy atom. The van der Waals surface area contributed by atoms with Gasteiger partial charge in [-0.1, -0.05) is 30.3 Å². The van der Waals surface area contributed by atoms with Crippen LogP contribution in [0.15, 0.2) is 53.5 Å². The quantitative estimate of drug-likeness (QED) is 0.177. The second-order valence-corrected chi connectivity index (χ2v) is 7.81. The Bertz CT molecular complexity index is 886. The minimum absolute atomic E-state index is 0. The molecule has 1 atom stereocenters. The van der Waals surface area contributed by atoms with Crippen molar-refractivity contribution >= 4 is 35.8 Å². The summed E-state index contributed by atoms with van der Waals surface area (Å²) >= 11 is 0. The lowest BCUT2D eigenvalue weighted by Crippen LogP contribution is -2.38. The first-order chi connectivity index (χ1) is 15.7. The zero-order valence-corrected chi connectivity index (χ0v) is 21.8. The molecule has 180 valence electrons. The van der Waals surface area contributed by atoms with Crippen LogP contribution < -0.4 is 20.7 Å². The van der Waals surface area contributed by atoms with Crippen molar-refractivity contribution in [3.05, 3.63) is 65.2 Å². The number of nitrogens with one attached hydrogen (secondary N) is 3. The molecule has 3 rings (SSSR count). The van der Waals surface area contributed by atoms with Gasteiger partial charge in [-0.2, -0.15) is 0 Å². The average molecular weight is 566 g/mol. The van der Waals surface area contributed by atoms with Gasteiger partial charge in [0.15, 0.2) is 5.96 Å². The van der Waals surface area contributed by atoms with E-state index in [1.807, 2.05) is 37.3 Å². The van der Waals surface area contributed by atoms with Crippen LogP contribution in [0.3, 0.4) is 0 Å². The fourth-order valence-corrected chi connectivity index (χ4v) is 3.38. The average Bonchev–Trinajstić information content (AvgIpc) is 3.31. The SMILES string of the molecule is CCNC(=NCc1ccc(C)cc1OC1CCOC1)NCCCNC(=O)c1ccccc1.I. The molecule has 0 saturated carbocycles. The maximum absolute atomic E-state index is 12.1. The molecule has 0 spiro atoms. The number of ether oxygens (including phenoxy) is 2. The Morgan fingerprint density at radius 2 is 1.91 bits per heavy atom. The summed E-state index contributed by atoms with van der Waals surface area (Å²) in [5, 5.41) is 9.55. The van der Waals surface area contributed by atoms with E-state index in [4.69, 9.17) is 14.5 Å². The van der Waals surface area contributed by atoms with Crippen molar-refractivity contribution in [1.29, 1.82) is 0 Å². The lowest BCUT2D eigenvalue weighted by molar-refractivity contribution is 0.0953. The van der Waals surface area contributed by atoms with Gasteiger partial charge >= 0.3 is 0 Å².